The average Bonchev–Trinajstić information content (AvgIpc) is 2.98. The van der Waals surface area contributed by atoms with Crippen LogP contribution in [-0.2, 0) is 0 Å². The molecule has 0 radical (unpaired) electrons. The molecule has 1 aromatic heterocycles. The number of aromatic amines is 1. The summed E-state index contributed by atoms with van der Waals surface area (Å²) in [5.74, 6) is 0.0867. The van der Waals surface area contributed by atoms with Crippen LogP contribution in [0.25, 0.3) is 11.3 Å². The maximum absolute atomic E-state index is 12.3. The molecule has 4 nitrogen and oxygen atoms in total. The van der Waals surface area contributed by atoms with Crippen molar-refractivity contribution in [3.63, 3.8) is 0 Å². The molecule has 1 aliphatic rings. The molecular formula is C15H18ClN3O. The van der Waals surface area contributed by atoms with Crippen LogP contribution < -0.4 is 5.32 Å². The number of rotatable bonds is 2. The first-order valence-corrected chi connectivity index (χ1v) is 6.59. The number of hydrogen-bond donors (Lipinski definition) is 2. The number of hydrogen-bond acceptors (Lipinski definition) is 2. The standard InChI is InChI=1S/C15H17N3O.ClH/c19-15(18-10-8-16-9-11-18)14-7-6-13(17-14)12-4-2-1-3-5-12;/h1-7,16-17H,8-11H2;1H. The minimum Gasteiger partial charge on any atom is -0.351 e. The van der Waals surface area contributed by atoms with Crippen LogP contribution in [0.15, 0.2) is 42.5 Å². The Kier molecular flexibility index (Phi) is 4.82. The van der Waals surface area contributed by atoms with Crippen LogP contribution in [-0.4, -0.2) is 42.0 Å². The Morgan fingerprint density at radius 1 is 1.00 bits per heavy atom. The van der Waals surface area contributed by atoms with Crippen molar-refractivity contribution in [2.75, 3.05) is 26.2 Å². The number of halogens is 1. The van der Waals surface area contributed by atoms with Crippen LogP contribution in [0.5, 0.6) is 0 Å². The van der Waals surface area contributed by atoms with Crippen molar-refractivity contribution in [3.8, 4) is 11.3 Å². The Hall–Kier alpha value is -1.78. The fourth-order valence-corrected chi connectivity index (χ4v) is 2.34. The second-order valence-electron chi connectivity index (χ2n) is 4.69. The van der Waals surface area contributed by atoms with Crippen molar-refractivity contribution in [2.24, 2.45) is 0 Å². The van der Waals surface area contributed by atoms with E-state index in [-0.39, 0.29) is 18.3 Å². The fraction of sp³-hybridized carbons (Fsp3) is 0.267. The molecule has 1 amide bonds. The number of carbonyl (C=O) groups excluding carboxylic acids is 1. The molecule has 2 heterocycles. The zero-order valence-electron chi connectivity index (χ0n) is 11.1. The van der Waals surface area contributed by atoms with Crippen LogP contribution in [0.2, 0.25) is 0 Å². The maximum atomic E-state index is 12.3. The van der Waals surface area contributed by atoms with E-state index < -0.39 is 0 Å². The highest BCUT2D eigenvalue weighted by atomic mass is 35.5. The van der Waals surface area contributed by atoms with Crippen LogP contribution in [0.4, 0.5) is 0 Å². The van der Waals surface area contributed by atoms with Crippen LogP contribution in [0.1, 0.15) is 10.5 Å². The number of carbonyl (C=O) groups is 1. The van der Waals surface area contributed by atoms with Crippen LogP contribution >= 0.6 is 12.4 Å². The van der Waals surface area contributed by atoms with Crippen LogP contribution in [0.3, 0.4) is 0 Å². The molecule has 5 heteroatoms. The van der Waals surface area contributed by atoms with Gasteiger partial charge in [0.2, 0.25) is 0 Å². The number of benzene rings is 1. The second-order valence-corrected chi connectivity index (χ2v) is 4.69. The summed E-state index contributed by atoms with van der Waals surface area (Å²) in [7, 11) is 0. The third kappa shape index (κ3) is 3.03. The molecular weight excluding hydrogens is 274 g/mol. The summed E-state index contributed by atoms with van der Waals surface area (Å²) >= 11 is 0. The van der Waals surface area contributed by atoms with Gasteiger partial charge in [0, 0.05) is 31.9 Å². The van der Waals surface area contributed by atoms with E-state index in [9.17, 15) is 4.79 Å². The fourth-order valence-electron chi connectivity index (χ4n) is 2.34. The molecule has 1 aromatic carbocycles. The number of aromatic nitrogens is 1. The monoisotopic (exact) mass is 291 g/mol. The van der Waals surface area contributed by atoms with Gasteiger partial charge in [-0.15, -0.1) is 12.4 Å². The Morgan fingerprint density at radius 2 is 1.70 bits per heavy atom. The number of piperazine rings is 1. The molecule has 2 N–H and O–H groups in total. The molecule has 20 heavy (non-hydrogen) atoms. The van der Waals surface area contributed by atoms with Gasteiger partial charge in [-0.1, -0.05) is 30.3 Å². The molecule has 0 spiro atoms. The van der Waals surface area contributed by atoms with Gasteiger partial charge in [0.15, 0.2) is 0 Å². The van der Waals surface area contributed by atoms with Crippen molar-refractivity contribution in [1.29, 1.82) is 0 Å². The summed E-state index contributed by atoms with van der Waals surface area (Å²) in [6.45, 7) is 3.30. The normalized spacial score (nSPS) is 14.7. The molecule has 106 valence electrons. The predicted octanol–water partition coefficient (Wildman–Crippen LogP) is 2.15. The summed E-state index contributed by atoms with van der Waals surface area (Å²) in [6.07, 6.45) is 0. The first-order valence-electron chi connectivity index (χ1n) is 6.59. The smallest absolute Gasteiger partial charge is 0.270 e. The summed E-state index contributed by atoms with van der Waals surface area (Å²) in [6, 6.07) is 13.9. The topological polar surface area (TPSA) is 48.1 Å². The summed E-state index contributed by atoms with van der Waals surface area (Å²) in [5, 5.41) is 3.25. The van der Waals surface area contributed by atoms with Gasteiger partial charge in [-0.2, -0.15) is 0 Å². The van der Waals surface area contributed by atoms with Crippen molar-refractivity contribution in [3.05, 3.63) is 48.2 Å². The Labute approximate surface area is 124 Å². The van der Waals surface area contributed by atoms with Crippen LogP contribution in [0, 0.1) is 0 Å². The van der Waals surface area contributed by atoms with E-state index in [0.717, 1.165) is 37.4 Å². The average molecular weight is 292 g/mol. The first-order chi connectivity index (χ1) is 9.34. The number of nitrogens with zero attached hydrogens (tertiary/aromatic N) is 1. The summed E-state index contributed by atoms with van der Waals surface area (Å²) in [5.41, 5.74) is 2.75. The first kappa shape index (κ1) is 14.6. The lowest BCUT2D eigenvalue weighted by Gasteiger charge is -2.26. The highest BCUT2D eigenvalue weighted by molar-refractivity contribution is 5.93. The lowest BCUT2D eigenvalue weighted by Crippen LogP contribution is -2.46. The van der Waals surface area contributed by atoms with Gasteiger partial charge in [-0.25, -0.2) is 0 Å². The number of nitrogens with one attached hydrogen (secondary N) is 2. The summed E-state index contributed by atoms with van der Waals surface area (Å²) < 4.78 is 0. The largest absolute Gasteiger partial charge is 0.351 e. The van der Waals surface area contributed by atoms with Gasteiger partial charge < -0.3 is 15.2 Å². The molecule has 0 saturated carbocycles. The summed E-state index contributed by atoms with van der Waals surface area (Å²) in [4.78, 5) is 17.4. The highest BCUT2D eigenvalue weighted by Gasteiger charge is 2.19. The van der Waals surface area contributed by atoms with Crippen molar-refractivity contribution in [2.45, 2.75) is 0 Å². The quantitative estimate of drug-likeness (QED) is 0.891. The highest BCUT2D eigenvalue weighted by Crippen LogP contribution is 2.18. The minimum atomic E-state index is 0. The van der Waals surface area contributed by atoms with Gasteiger partial charge in [0.05, 0.1) is 0 Å². The molecule has 1 saturated heterocycles. The Bertz CT molecular complexity index is 562. The van der Waals surface area contributed by atoms with E-state index in [2.05, 4.69) is 10.3 Å². The molecule has 0 aliphatic carbocycles. The van der Waals surface area contributed by atoms with Gasteiger partial charge in [0.1, 0.15) is 5.69 Å². The third-order valence-corrected chi connectivity index (χ3v) is 3.41. The number of H-pyrrole nitrogens is 1. The maximum Gasteiger partial charge on any atom is 0.270 e. The molecule has 0 bridgehead atoms. The van der Waals surface area contributed by atoms with Crippen molar-refractivity contribution < 1.29 is 4.79 Å². The molecule has 0 unspecified atom stereocenters. The zero-order valence-corrected chi connectivity index (χ0v) is 12.0. The number of amides is 1. The van der Waals surface area contributed by atoms with Gasteiger partial charge in [0.25, 0.3) is 5.91 Å². The second kappa shape index (κ2) is 6.59. The predicted molar refractivity (Wildman–Crippen MR) is 82.2 cm³/mol. The molecule has 1 fully saturated rings. The lowest BCUT2D eigenvalue weighted by molar-refractivity contribution is 0.0730. The lowest BCUT2D eigenvalue weighted by atomic mass is 10.2. The van der Waals surface area contributed by atoms with E-state index in [1.54, 1.807) is 0 Å². The third-order valence-electron chi connectivity index (χ3n) is 3.41. The van der Waals surface area contributed by atoms with Gasteiger partial charge in [-0.05, 0) is 17.7 Å². The molecule has 2 aromatic rings. The van der Waals surface area contributed by atoms with Gasteiger partial charge >= 0.3 is 0 Å². The van der Waals surface area contributed by atoms with E-state index in [1.807, 2.05) is 47.4 Å². The SMILES string of the molecule is Cl.O=C(c1ccc(-c2ccccc2)[nH]1)N1CCNCC1. The van der Waals surface area contributed by atoms with E-state index in [4.69, 9.17) is 0 Å². The molecule has 3 rings (SSSR count). The Balaban J connectivity index is 0.00000147. The van der Waals surface area contributed by atoms with E-state index >= 15 is 0 Å². The minimum absolute atomic E-state index is 0. The van der Waals surface area contributed by atoms with E-state index in [1.165, 1.54) is 0 Å². The zero-order chi connectivity index (χ0) is 13.1. The van der Waals surface area contributed by atoms with Gasteiger partial charge in [-0.3, -0.25) is 4.79 Å². The van der Waals surface area contributed by atoms with Crippen molar-refractivity contribution in [1.82, 2.24) is 15.2 Å². The molecule has 0 atom stereocenters. The van der Waals surface area contributed by atoms with E-state index in [0.29, 0.717) is 5.69 Å². The Morgan fingerprint density at radius 3 is 2.40 bits per heavy atom. The molecule has 1 aliphatic heterocycles. The van der Waals surface area contributed by atoms with Crippen molar-refractivity contribution >= 4 is 18.3 Å².